The van der Waals surface area contributed by atoms with Crippen molar-refractivity contribution in [1.82, 2.24) is 10.2 Å². The molecule has 0 saturated carbocycles. The number of amides is 2. The van der Waals surface area contributed by atoms with Crippen LogP contribution in [0.25, 0.3) is 6.08 Å². The van der Waals surface area contributed by atoms with Crippen LogP contribution in [0.1, 0.15) is 25.0 Å². The number of hydrogen-bond donors (Lipinski definition) is 1. The van der Waals surface area contributed by atoms with Gasteiger partial charge in [0, 0.05) is 18.8 Å². The van der Waals surface area contributed by atoms with E-state index < -0.39 is 0 Å². The van der Waals surface area contributed by atoms with E-state index in [0.717, 1.165) is 11.1 Å². The van der Waals surface area contributed by atoms with Gasteiger partial charge >= 0.3 is 6.03 Å². The van der Waals surface area contributed by atoms with E-state index in [4.69, 9.17) is 0 Å². The van der Waals surface area contributed by atoms with Crippen LogP contribution in [0.4, 0.5) is 9.18 Å². The van der Waals surface area contributed by atoms with Crippen LogP contribution in [0.3, 0.4) is 0 Å². The molecular weight excluding hydrogens is 291 g/mol. The molecule has 1 N–H and O–H groups in total. The molecule has 0 aromatic heterocycles. The Labute approximate surface area is 136 Å². The summed E-state index contributed by atoms with van der Waals surface area (Å²) in [6.45, 7) is 4.51. The molecule has 2 rings (SSSR count). The smallest absolute Gasteiger partial charge is 0.318 e. The molecule has 2 aromatic carbocycles. The van der Waals surface area contributed by atoms with E-state index in [1.54, 1.807) is 29.3 Å². The van der Waals surface area contributed by atoms with E-state index >= 15 is 0 Å². The number of urea groups is 1. The SMILES string of the molecule is CC(C)N(Cc1ccccc1)C(=O)N/C=C/c1ccc(F)cc1. The van der Waals surface area contributed by atoms with Crippen LogP contribution < -0.4 is 5.32 Å². The Morgan fingerprint density at radius 2 is 1.78 bits per heavy atom. The summed E-state index contributed by atoms with van der Waals surface area (Å²) >= 11 is 0. The van der Waals surface area contributed by atoms with Gasteiger partial charge in [0.1, 0.15) is 5.82 Å². The van der Waals surface area contributed by atoms with Crippen LogP contribution in [-0.2, 0) is 6.54 Å². The molecule has 120 valence electrons. The standard InChI is InChI=1S/C19H21FN2O/c1-15(2)22(14-17-6-4-3-5-7-17)19(23)21-13-12-16-8-10-18(20)11-9-16/h3-13,15H,14H2,1-2H3,(H,21,23)/b13-12+. The third-order valence-electron chi connectivity index (χ3n) is 3.43. The van der Waals surface area contributed by atoms with E-state index in [-0.39, 0.29) is 17.9 Å². The normalized spacial score (nSPS) is 11.0. The quantitative estimate of drug-likeness (QED) is 0.871. The molecule has 4 heteroatoms. The molecule has 3 nitrogen and oxygen atoms in total. The van der Waals surface area contributed by atoms with Crippen molar-refractivity contribution < 1.29 is 9.18 Å². The van der Waals surface area contributed by atoms with E-state index in [0.29, 0.717) is 6.54 Å². The Hall–Kier alpha value is -2.62. The van der Waals surface area contributed by atoms with Gasteiger partial charge in [-0.25, -0.2) is 9.18 Å². The number of carbonyl (C=O) groups excluding carboxylic acids is 1. The third kappa shape index (κ3) is 5.25. The average Bonchev–Trinajstić information content (AvgIpc) is 2.55. The van der Waals surface area contributed by atoms with Crippen molar-refractivity contribution in [2.24, 2.45) is 0 Å². The first-order valence-electron chi connectivity index (χ1n) is 7.59. The number of rotatable bonds is 5. The molecule has 23 heavy (non-hydrogen) atoms. The Morgan fingerprint density at radius 3 is 2.39 bits per heavy atom. The van der Waals surface area contributed by atoms with E-state index in [1.165, 1.54) is 12.1 Å². The first-order valence-corrected chi connectivity index (χ1v) is 7.59. The highest BCUT2D eigenvalue weighted by molar-refractivity contribution is 5.76. The van der Waals surface area contributed by atoms with Crippen LogP contribution >= 0.6 is 0 Å². The van der Waals surface area contributed by atoms with Crippen LogP contribution in [0.2, 0.25) is 0 Å². The Bertz CT molecular complexity index is 651. The molecule has 0 fully saturated rings. The lowest BCUT2D eigenvalue weighted by Crippen LogP contribution is -2.41. The van der Waals surface area contributed by atoms with Gasteiger partial charge in [-0.1, -0.05) is 42.5 Å². The van der Waals surface area contributed by atoms with E-state index in [9.17, 15) is 9.18 Å². The van der Waals surface area contributed by atoms with Crippen molar-refractivity contribution in [1.29, 1.82) is 0 Å². The molecule has 0 radical (unpaired) electrons. The van der Waals surface area contributed by atoms with Gasteiger partial charge in [-0.15, -0.1) is 0 Å². The molecule has 0 aliphatic heterocycles. The molecule has 2 aromatic rings. The minimum atomic E-state index is -0.278. The van der Waals surface area contributed by atoms with Crippen molar-refractivity contribution >= 4 is 12.1 Å². The number of nitrogens with zero attached hydrogens (tertiary/aromatic N) is 1. The Morgan fingerprint density at radius 1 is 1.13 bits per heavy atom. The zero-order valence-corrected chi connectivity index (χ0v) is 13.4. The van der Waals surface area contributed by atoms with Crippen LogP contribution in [0, 0.1) is 5.82 Å². The Kier molecular flexibility index (Phi) is 5.92. The largest absolute Gasteiger partial charge is 0.321 e. The van der Waals surface area contributed by atoms with Crippen molar-refractivity contribution in [3.8, 4) is 0 Å². The predicted octanol–water partition coefficient (Wildman–Crippen LogP) is 4.42. The second-order valence-corrected chi connectivity index (χ2v) is 5.54. The zero-order chi connectivity index (χ0) is 16.7. The molecule has 0 unspecified atom stereocenters. The highest BCUT2D eigenvalue weighted by Crippen LogP contribution is 2.09. The second-order valence-electron chi connectivity index (χ2n) is 5.54. The zero-order valence-electron chi connectivity index (χ0n) is 13.4. The maximum absolute atomic E-state index is 12.8. The van der Waals surface area contributed by atoms with Gasteiger partial charge in [-0.3, -0.25) is 0 Å². The summed E-state index contributed by atoms with van der Waals surface area (Å²) in [5, 5.41) is 2.76. The summed E-state index contributed by atoms with van der Waals surface area (Å²) in [7, 11) is 0. The summed E-state index contributed by atoms with van der Waals surface area (Å²) in [5.74, 6) is -0.278. The molecule has 0 atom stereocenters. The lowest BCUT2D eigenvalue weighted by molar-refractivity contribution is 0.183. The van der Waals surface area contributed by atoms with Crippen LogP contribution in [0.15, 0.2) is 60.8 Å². The molecule has 0 saturated heterocycles. The first kappa shape index (κ1) is 16.7. The maximum atomic E-state index is 12.8. The number of halogens is 1. The minimum absolute atomic E-state index is 0.0782. The summed E-state index contributed by atoms with van der Waals surface area (Å²) < 4.78 is 12.8. The van der Waals surface area contributed by atoms with Crippen molar-refractivity contribution in [2.45, 2.75) is 26.4 Å². The predicted molar refractivity (Wildman–Crippen MR) is 91.1 cm³/mol. The average molecular weight is 312 g/mol. The number of carbonyl (C=O) groups is 1. The summed E-state index contributed by atoms with van der Waals surface area (Å²) in [6, 6.07) is 15.9. The molecule has 0 aliphatic rings. The number of hydrogen-bond acceptors (Lipinski definition) is 1. The molecular formula is C19H21FN2O. The Balaban J connectivity index is 1.97. The van der Waals surface area contributed by atoms with Gasteiger partial charge in [0.2, 0.25) is 0 Å². The van der Waals surface area contributed by atoms with Gasteiger partial charge in [0.15, 0.2) is 0 Å². The first-order chi connectivity index (χ1) is 11.1. The van der Waals surface area contributed by atoms with Gasteiger partial charge in [0.05, 0.1) is 0 Å². The third-order valence-corrected chi connectivity index (χ3v) is 3.43. The fourth-order valence-electron chi connectivity index (χ4n) is 2.13. The van der Waals surface area contributed by atoms with Gasteiger partial charge in [-0.2, -0.15) is 0 Å². The summed E-state index contributed by atoms with van der Waals surface area (Å²) in [5.41, 5.74) is 1.91. The summed E-state index contributed by atoms with van der Waals surface area (Å²) in [6.07, 6.45) is 3.31. The van der Waals surface area contributed by atoms with Gasteiger partial charge in [-0.05, 0) is 43.2 Å². The fourth-order valence-corrected chi connectivity index (χ4v) is 2.13. The highest BCUT2D eigenvalue weighted by atomic mass is 19.1. The van der Waals surface area contributed by atoms with Gasteiger partial charge in [0.25, 0.3) is 0 Å². The maximum Gasteiger partial charge on any atom is 0.321 e. The molecule has 0 heterocycles. The minimum Gasteiger partial charge on any atom is -0.318 e. The van der Waals surface area contributed by atoms with Crippen molar-refractivity contribution in [3.05, 3.63) is 77.7 Å². The molecule has 0 spiro atoms. The van der Waals surface area contributed by atoms with E-state index in [2.05, 4.69) is 5.32 Å². The summed E-state index contributed by atoms with van der Waals surface area (Å²) in [4.78, 5) is 14.1. The molecule has 0 aliphatic carbocycles. The lowest BCUT2D eigenvalue weighted by atomic mass is 10.2. The monoisotopic (exact) mass is 312 g/mol. The topological polar surface area (TPSA) is 32.3 Å². The highest BCUT2D eigenvalue weighted by Gasteiger charge is 2.15. The van der Waals surface area contributed by atoms with E-state index in [1.807, 2.05) is 44.2 Å². The number of nitrogens with one attached hydrogen (secondary N) is 1. The van der Waals surface area contributed by atoms with Crippen LogP contribution in [0.5, 0.6) is 0 Å². The van der Waals surface area contributed by atoms with Gasteiger partial charge < -0.3 is 10.2 Å². The number of benzene rings is 2. The second kappa shape index (κ2) is 8.13. The lowest BCUT2D eigenvalue weighted by Gasteiger charge is -2.26. The fraction of sp³-hybridized carbons (Fsp3) is 0.211. The molecule has 0 bridgehead atoms. The molecule has 2 amide bonds. The van der Waals surface area contributed by atoms with Crippen LogP contribution in [-0.4, -0.2) is 17.0 Å². The van der Waals surface area contributed by atoms with Crippen molar-refractivity contribution in [3.63, 3.8) is 0 Å². The van der Waals surface area contributed by atoms with Crippen molar-refractivity contribution in [2.75, 3.05) is 0 Å².